The molecule has 1 N–H and O–H groups in total. The number of carbonyl (C=O) groups excluding carboxylic acids is 1. The lowest BCUT2D eigenvalue weighted by Crippen LogP contribution is -2.23. The van der Waals surface area contributed by atoms with Crippen molar-refractivity contribution in [2.45, 2.75) is 17.7 Å². The summed E-state index contributed by atoms with van der Waals surface area (Å²) >= 11 is 5.78. The van der Waals surface area contributed by atoms with Crippen molar-refractivity contribution >= 4 is 38.9 Å². The minimum Gasteiger partial charge on any atom is -0.312 e. The van der Waals surface area contributed by atoms with Crippen molar-refractivity contribution < 1.29 is 13.2 Å². The summed E-state index contributed by atoms with van der Waals surface area (Å²) in [6.45, 7) is 0.675. The third kappa shape index (κ3) is 3.48. The molecule has 1 aliphatic heterocycles. The van der Waals surface area contributed by atoms with E-state index < -0.39 is 10.0 Å². The number of sulfonamides is 1. The maximum atomic E-state index is 12.4. The van der Waals surface area contributed by atoms with Crippen molar-refractivity contribution in [3.05, 3.63) is 53.6 Å². The lowest BCUT2D eigenvalue weighted by Gasteiger charge is -2.16. The van der Waals surface area contributed by atoms with Gasteiger partial charge >= 0.3 is 0 Å². The molecule has 23 heavy (non-hydrogen) atoms. The van der Waals surface area contributed by atoms with Crippen LogP contribution in [0.25, 0.3) is 0 Å². The van der Waals surface area contributed by atoms with E-state index in [1.165, 1.54) is 12.1 Å². The number of hydrogen-bond acceptors (Lipinski definition) is 3. The average molecular weight is 351 g/mol. The molecule has 0 atom stereocenters. The Morgan fingerprint density at radius 2 is 1.65 bits per heavy atom. The Balaban J connectivity index is 1.80. The van der Waals surface area contributed by atoms with Crippen molar-refractivity contribution in [3.63, 3.8) is 0 Å². The second kappa shape index (κ2) is 6.22. The summed E-state index contributed by atoms with van der Waals surface area (Å²) in [5.41, 5.74) is 1.16. The van der Waals surface area contributed by atoms with E-state index in [0.717, 1.165) is 12.1 Å². The van der Waals surface area contributed by atoms with Crippen LogP contribution < -0.4 is 9.62 Å². The van der Waals surface area contributed by atoms with Crippen LogP contribution in [-0.4, -0.2) is 20.9 Å². The molecule has 2 aromatic rings. The first-order valence-corrected chi connectivity index (χ1v) is 9.01. The van der Waals surface area contributed by atoms with Crippen molar-refractivity contribution in [2.75, 3.05) is 16.2 Å². The summed E-state index contributed by atoms with van der Waals surface area (Å²) in [4.78, 5) is 13.5. The first-order valence-electron chi connectivity index (χ1n) is 7.14. The van der Waals surface area contributed by atoms with Gasteiger partial charge in [0.15, 0.2) is 0 Å². The van der Waals surface area contributed by atoms with Gasteiger partial charge in [0.2, 0.25) is 5.91 Å². The second-order valence-electron chi connectivity index (χ2n) is 5.26. The largest absolute Gasteiger partial charge is 0.312 e. The molecule has 0 aromatic heterocycles. The van der Waals surface area contributed by atoms with E-state index in [0.29, 0.717) is 23.7 Å². The van der Waals surface area contributed by atoms with Gasteiger partial charge in [0.25, 0.3) is 10.0 Å². The van der Waals surface area contributed by atoms with Crippen LogP contribution in [-0.2, 0) is 14.8 Å². The fraction of sp³-hybridized carbons (Fsp3) is 0.188. The number of amides is 1. The van der Waals surface area contributed by atoms with Gasteiger partial charge in [-0.1, -0.05) is 11.6 Å². The highest BCUT2D eigenvalue weighted by Crippen LogP contribution is 2.24. The lowest BCUT2D eigenvalue weighted by atomic mass is 10.3. The fourth-order valence-corrected chi connectivity index (χ4v) is 3.64. The van der Waals surface area contributed by atoms with Gasteiger partial charge in [-0.25, -0.2) is 8.42 Å². The van der Waals surface area contributed by atoms with E-state index >= 15 is 0 Å². The standard InChI is InChI=1S/C16H15ClN2O3S/c17-12-3-5-13(6-4-12)18-23(21,22)15-9-7-14(8-10-15)19-11-1-2-16(19)20/h3-10,18H,1-2,11H2. The molecule has 0 bridgehead atoms. The Bertz CT molecular complexity index is 817. The Hall–Kier alpha value is -2.05. The van der Waals surface area contributed by atoms with E-state index in [2.05, 4.69) is 4.72 Å². The predicted octanol–water partition coefficient (Wildman–Crippen LogP) is 3.27. The first kappa shape index (κ1) is 15.8. The zero-order valence-electron chi connectivity index (χ0n) is 12.2. The smallest absolute Gasteiger partial charge is 0.261 e. The number of carbonyl (C=O) groups is 1. The van der Waals surface area contributed by atoms with E-state index in [9.17, 15) is 13.2 Å². The number of hydrogen-bond donors (Lipinski definition) is 1. The number of rotatable bonds is 4. The molecule has 3 rings (SSSR count). The highest BCUT2D eigenvalue weighted by Gasteiger charge is 2.22. The summed E-state index contributed by atoms with van der Waals surface area (Å²) in [5.74, 6) is 0.0693. The molecule has 1 saturated heterocycles. The van der Waals surface area contributed by atoms with Crippen LogP contribution in [0.5, 0.6) is 0 Å². The number of nitrogens with one attached hydrogen (secondary N) is 1. The lowest BCUT2D eigenvalue weighted by molar-refractivity contribution is -0.117. The zero-order valence-corrected chi connectivity index (χ0v) is 13.8. The molecule has 1 aliphatic rings. The highest BCUT2D eigenvalue weighted by atomic mass is 35.5. The van der Waals surface area contributed by atoms with E-state index in [1.807, 2.05) is 0 Å². The van der Waals surface area contributed by atoms with Gasteiger partial charge in [-0.2, -0.15) is 0 Å². The molecule has 120 valence electrons. The molecular weight excluding hydrogens is 336 g/mol. The number of anilines is 2. The second-order valence-corrected chi connectivity index (χ2v) is 7.37. The first-order chi connectivity index (χ1) is 11.0. The van der Waals surface area contributed by atoms with E-state index in [1.54, 1.807) is 41.3 Å². The molecule has 0 spiro atoms. The van der Waals surface area contributed by atoms with Gasteiger partial charge in [0, 0.05) is 29.4 Å². The van der Waals surface area contributed by atoms with Gasteiger partial charge < -0.3 is 4.90 Å². The minimum atomic E-state index is -3.68. The summed E-state index contributed by atoms with van der Waals surface area (Å²) in [6.07, 6.45) is 1.37. The number of nitrogens with zero attached hydrogens (tertiary/aromatic N) is 1. The van der Waals surface area contributed by atoms with Gasteiger partial charge in [-0.15, -0.1) is 0 Å². The van der Waals surface area contributed by atoms with Crippen LogP contribution in [0.1, 0.15) is 12.8 Å². The molecule has 0 unspecified atom stereocenters. The Morgan fingerprint density at radius 3 is 2.22 bits per heavy atom. The van der Waals surface area contributed by atoms with Crippen LogP contribution in [0.15, 0.2) is 53.4 Å². The summed E-state index contributed by atoms with van der Waals surface area (Å²) in [5, 5.41) is 0.535. The van der Waals surface area contributed by atoms with Crippen molar-refractivity contribution in [2.24, 2.45) is 0 Å². The molecule has 7 heteroatoms. The summed E-state index contributed by atoms with van der Waals surface area (Å²) < 4.78 is 27.2. The quantitative estimate of drug-likeness (QED) is 0.920. The van der Waals surface area contributed by atoms with E-state index in [4.69, 9.17) is 11.6 Å². The van der Waals surface area contributed by atoms with Crippen molar-refractivity contribution in [1.29, 1.82) is 0 Å². The van der Waals surface area contributed by atoms with Crippen LogP contribution >= 0.6 is 11.6 Å². The molecule has 0 saturated carbocycles. The topological polar surface area (TPSA) is 66.5 Å². The molecular formula is C16H15ClN2O3S. The summed E-state index contributed by atoms with van der Waals surface area (Å²) in [6, 6.07) is 12.7. The third-order valence-electron chi connectivity index (χ3n) is 3.63. The summed E-state index contributed by atoms with van der Waals surface area (Å²) in [7, 11) is -3.68. The highest BCUT2D eigenvalue weighted by molar-refractivity contribution is 7.92. The molecule has 5 nitrogen and oxygen atoms in total. The monoisotopic (exact) mass is 350 g/mol. The van der Waals surface area contributed by atoms with Crippen molar-refractivity contribution in [3.8, 4) is 0 Å². The molecule has 1 heterocycles. The fourth-order valence-electron chi connectivity index (χ4n) is 2.46. The molecule has 2 aromatic carbocycles. The average Bonchev–Trinajstić information content (AvgIpc) is 2.96. The molecule has 0 aliphatic carbocycles. The molecule has 0 radical (unpaired) electrons. The normalized spacial score (nSPS) is 15.0. The minimum absolute atomic E-state index is 0.0693. The molecule has 1 fully saturated rings. The van der Waals surface area contributed by atoms with Gasteiger partial charge in [-0.05, 0) is 55.0 Å². The maximum Gasteiger partial charge on any atom is 0.261 e. The molecule has 1 amide bonds. The maximum absolute atomic E-state index is 12.4. The van der Waals surface area contributed by atoms with Crippen LogP contribution in [0.2, 0.25) is 5.02 Å². The SMILES string of the molecule is O=C1CCCN1c1ccc(S(=O)(=O)Nc2ccc(Cl)cc2)cc1. The Labute approximate surface area is 139 Å². The van der Waals surface area contributed by atoms with Gasteiger partial charge in [-0.3, -0.25) is 9.52 Å². The Morgan fingerprint density at radius 1 is 1.00 bits per heavy atom. The Kier molecular flexibility index (Phi) is 4.28. The van der Waals surface area contributed by atoms with Crippen LogP contribution in [0, 0.1) is 0 Å². The van der Waals surface area contributed by atoms with Gasteiger partial charge in [0.1, 0.15) is 0 Å². The zero-order chi connectivity index (χ0) is 16.4. The van der Waals surface area contributed by atoms with Crippen LogP contribution in [0.3, 0.4) is 0 Å². The van der Waals surface area contributed by atoms with Gasteiger partial charge in [0.05, 0.1) is 4.90 Å². The number of halogens is 1. The number of benzene rings is 2. The van der Waals surface area contributed by atoms with E-state index in [-0.39, 0.29) is 10.8 Å². The van der Waals surface area contributed by atoms with Crippen molar-refractivity contribution in [1.82, 2.24) is 0 Å². The van der Waals surface area contributed by atoms with Crippen LogP contribution in [0.4, 0.5) is 11.4 Å². The third-order valence-corrected chi connectivity index (χ3v) is 5.28. The predicted molar refractivity (Wildman–Crippen MR) is 90.3 cm³/mol.